The van der Waals surface area contributed by atoms with Crippen LogP contribution in [0.25, 0.3) is 0 Å². The van der Waals surface area contributed by atoms with Crippen LogP contribution in [-0.4, -0.2) is 28.0 Å². The van der Waals surface area contributed by atoms with Gasteiger partial charge in [-0.25, -0.2) is 4.98 Å². The fraction of sp³-hybridized carbons (Fsp3) is 0.714. The predicted molar refractivity (Wildman–Crippen MR) is 74.2 cm³/mol. The van der Waals surface area contributed by atoms with Gasteiger partial charge in [0.2, 0.25) is 0 Å². The molecule has 0 radical (unpaired) electrons. The molecule has 2 aliphatic rings. The standard InChI is InChI=1S/C14H21N3O3/c1-4-7-5-8(9-6-16-13(15)17-12(9)18)11-10(7)19-14(2,3)20-11/h6-8,10-11H,4-5H2,1-3H3,(H3,15,16,17,18)/t7-,8-,10+,11-/m0/s1. The van der Waals surface area contributed by atoms with E-state index in [9.17, 15) is 4.79 Å². The summed E-state index contributed by atoms with van der Waals surface area (Å²) in [6.45, 7) is 5.98. The highest BCUT2D eigenvalue weighted by molar-refractivity contribution is 5.24. The molecule has 0 amide bonds. The molecule has 1 aliphatic heterocycles. The van der Waals surface area contributed by atoms with Crippen molar-refractivity contribution in [2.45, 2.75) is 57.5 Å². The van der Waals surface area contributed by atoms with Gasteiger partial charge >= 0.3 is 0 Å². The average molecular weight is 279 g/mol. The Morgan fingerprint density at radius 2 is 2.15 bits per heavy atom. The quantitative estimate of drug-likeness (QED) is 0.853. The molecule has 4 atom stereocenters. The van der Waals surface area contributed by atoms with E-state index in [2.05, 4.69) is 16.9 Å². The molecule has 1 saturated heterocycles. The average Bonchev–Trinajstić information content (AvgIpc) is 2.83. The lowest BCUT2D eigenvalue weighted by Crippen LogP contribution is -2.28. The van der Waals surface area contributed by atoms with E-state index in [0.29, 0.717) is 11.5 Å². The molecule has 110 valence electrons. The van der Waals surface area contributed by atoms with Gasteiger partial charge in [-0.15, -0.1) is 0 Å². The molecule has 0 unspecified atom stereocenters. The second kappa shape index (κ2) is 4.56. The fourth-order valence-corrected chi connectivity index (χ4v) is 3.47. The Hall–Kier alpha value is -1.40. The largest absolute Gasteiger partial charge is 0.369 e. The van der Waals surface area contributed by atoms with Crippen LogP contribution >= 0.6 is 0 Å². The van der Waals surface area contributed by atoms with Gasteiger partial charge in [-0.3, -0.25) is 9.78 Å². The molecule has 6 nitrogen and oxygen atoms in total. The zero-order valence-corrected chi connectivity index (χ0v) is 12.1. The highest BCUT2D eigenvalue weighted by atomic mass is 16.8. The SMILES string of the molecule is CC[C@H]1C[C@@H](c2cnc(N)[nH]c2=O)[C@@H]2OC(C)(C)O[C@H]12. The van der Waals surface area contributed by atoms with Crippen LogP contribution < -0.4 is 11.3 Å². The molecule has 1 aliphatic carbocycles. The number of ether oxygens (including phenoxy) is 2. The first-order valence-corrected chi connectivity index (χ1v) is 7.11. The van der Waals surface area contributed by atoms with Crippen LogP contribution in [0.2, 0.25) is 0 Å². The van der Waals surface area contributed by atoms with Crippen LogP contribution in [0, 0.1) is 5.92 Å². The van der Waals surface area contributed by atoms with E-state index in [0.717, 1.165) is 12.8 Å². The van der Waals surface area contributed by atoms with Gasteiger partial charge in [0.15, 0.2) is 11.7 Å². The molecule has 3 N–H and O–H groups in total. The lowest BCUT2D eigenvalue weighted by molar-refractivity contribution is -0.158. The fourth-order valence-electron chi connectivity index (χ4n) is 3.47. The molecule has 2 fully saturated rings. The number of aromatic nitrogens is 2. The van der Waals surface area contributed by atoms with Gasteiger partial charge in [-0.05, 0) is 26.2 Å². The minimum Gasteiger partial charge on any atom is -0.369 e. The third kappa shape index (κ3) is 2.13. The third-order valence-electron chi connectivity index (χ3n) is 4.35. The molecule has 0 bridgehead atoms. The first kappa shape index (κ1) is 13.6. The van der Waals surface area contributed by atoms with Crippen molar-refractivity contribution in [2.75, 3.05) is 5.73 Å². The summed E-state index contributed by atoms with van der Waals surface area (Å²) in [7, 11) is 0. The summed E-state index contributed by atoms with van der Waals surface area (Å²) in [5.74, 6) is -0.0216. The molecule has 2 heterocycles. The molecular weight excluding hydrogens is 258 g/mol. The Bertz CT molecular complexity index is 569. The Balaban J connectivity index is 1.96. The molecule has 0 aromatic carbocycles. The molecule has 20 heavy (non-hydrogen) atoms. The first-order valence-electron chi connectivity index (χ1n) is 7.11. The highest BCUT2D eigenvalue weighted by Crippen LogP contribution is 2.49. The topological polar surface area (TPSA) is 90.2 Å². The van der Waals surface area contributed by atoms with Crippen molar-refractivity contribution in [1.29, 1.82) is 0 Å². The molecular formula is C14H21N3O3. The minimum atomic E-state index is -0.588. The monoisotopic (exact) mass is 279 g/mol. The number of fused-ring (bicyclic) bond motifs is 1. The zero-order valence-electron chi connectivity index (χ0n) is 12.1. The lowest BCUT2D eigenvalue weighted by Gasteiger charge is -2.22. The van der Waals surface area contributed by atoms with Crippen LogP contribution in [-0.2, 0) is 9.47 Å². The number of anilines is 1. The van der Waals surface area contributed by atoms with Crippen LogP contribution in [0.15, 0.2) is 11.0 Å². The Morgan fingerprint density at radius 3 is 2.80 bits per heavy atom. The normalized spacial score (nSPS) is 35.1. The van der Waals surface area contributed by atoms with Crippen molar-refractivity contribution in [3.05, 3.63) is 22.1 Å². The van der Waals surface area contributed by atoms with E-state index < -0.39 is 5.79 Å². The Morgan fingerprint density at radius 1 is 1.45 bits per heavy atom. The number of nitrogens with two attached hydrogens (primary N) is 1. The van der Waals surface area contributed by atoms with Gasteiger partial charge in [0.25, 0.3) is 5.56 Å². The van der Waals surface area contributed by atoms with Crippen molar-refractivity contribution in [3.63, 3.8) is 0 Å². The van der Waals surface area contributed by atoms with Gasteiger partial charge in [0, 0.05) is 17.7 Å². The van der Waals surface area contributed by atoms with Crippen molar-refractivity contribution >= 4 is 5.95 Å². The maximum Gasteiger partial charge on any atom is 0.255 e. The summed E-state index contributed by atoms with van der Waals surface area (Å²) in [6, 6.07) is 0. The predicted octanol–water partition coefficient (Wildman–Crippen LogP) is 1.39. The van der Waals surface area contributed by atoms with Gasteiger partial charge in [0.05, 0.1) is 12.2 Å². The summed E-state index contributed by atoms with van der Waals surface area (Å²) in [5, 5.41) is 0. The summed E-state index contributed by atoms with van der Waals surface area (Å²) in [6.07, 6.45) is 3.44. The number of nitrogens with one attached hydrogen (secondary N) is 1. The van der Waals surface area contributed by atoms with E-state index in [-0.39, 0.29) is 29.6 Å². The van der Waals surface area contributed by atoms with E-state index in [1.165, 1.54) is 0 Å². The number of nitrogen functional groups attached to an aromatic ring is 1. The molecule has 1 aromatic heterocycles. The minimum absolute atomic E-state index is 0.0172. The van der Waals surface area contributed by atoms with Gasteiger partial charge in [0.1, 0.15) is 0 Å². The van der Waals surface area contributed by atoms with Crippen molar-refractivity contribution in [2.24, 2.45) is 5.92 Å². The van der Waals surface area contributed by atoms with E-state index in [1.807, 2.05) is 13.8 Å². The van der Waals surface area contributed by atoms with Crippen LogP contribution in [0.1, 0.15) is 45.1 Å². The molecule has 0 spiro atoms. The van der Waals surface area contributed by atoms with Gasteiger partial charge in [-0.2, -0.15) is 0 Å². The van der Waals surface area contributed by atoms with E-state index in [1.54, 1.807) is 6.20 Å². The number of aromatic amines is 1. The second-order valence-corrected chi connectivity index (χ2v) is 6.13. The number of hydrogen-bond acceptors (Lipinski definition) is 5. The second-order valence-electron chi connectivity index (χ2n) is 6.13. The van der Waals surface area contributed by atoms with Gasteiger partial charge in [-0.1, -0.05) is 13.3 Å². The Kier molecular flexibility index (Phi) is 3.10. The first-order chi connectivity index (χ1) is 9.41. The Labute approximate surface area is 117 Å². The van der Waals surface area contributed by atoms with Crippen LogP contribution in [0.5, 0.6) is 0 Å². The molecule has 3 rings (SSSR count). The molecule has 6 heteroatoms. The summed E-state index contributed by atoms with van der Waals surface area (Å²) >= 11 is 0. The smallest absolute Gasteiger partial charge is 0.255 e. The van der Waals surface area contributed by atoms with Crippen molar-refractivity contribution in [3.8, 4) is 0 Å². The molecule has 1 aromatic rings. The zero-order chi connectivity index (χ0) is 14.5. The van der Waals surface area contributed by atoms with E-state index in [4.69, 9.17) is 15.2 Å². The highest BCUT2D eigenvalue weighted by Gasteiger charge is 2.54. The maximum atomic E-state index is 12.1. The van der Waals surface area contributed by atoms with Crippen molar-refractivity contribution in [1.82, 2.24) is 9.97 Å². The summed E-state index contributed by atoms with van der Waals surface area (Å²) in [5.41, 5.74) is 5.98. The number of hydrogen-bond donors (Lipinski definition) is 2. The van der Waals surface area contributed by atoms with Gasteiger partial charge < -0.3 is 15.2 Å². The number of nitrogens with zero attached hydrogens (tertiary/aromatic N) is 1. The summed E-state index contributed by atoms with van der Waals surface area (Å²) in [4.78, 5) is 18.7. The lowest BCUT2D eigenvalue weighted by atomic mass is 9.96. The van der Waals surface area contributed by atoms with Crippen molar-refractivity contribution < 1.29 is 9.47 Å². The van der Waals surface area contributed by atoms with Crippen LogP contribution in [0.4, 0.5) is 5.95 Å². The number of H-pyrrole nitrogens is 1. The third-order valence-corrected chi connectivity index (χ3v) is 4.35. The van der Waals surface area contributed by atoms with E-state index >= 15 is 0 Å². The molecule has 1 saturated carbocycles. The number of rotatable bonds is 2. The maximum absolute atomic E-state index is 12.1. The van der Waals surface area contributed by atoms with Crippen LogP contribution in [0.3, 0.4) is 0 Å². The summed E-state index contributed by atoms with van der Waals surface area (Å²) < 4.78 is 12.0.